The van der Waals surface area contributed by atoms with Crippen molar-refractivity contribution in [2.24, 2.45) is 0 Å². The van der Waals surface area contributed by atoms with Gasteiger partial charge in [-0.3, -0.25) is 10.1 Å². The van der Waals surface area contributed by atoms with Gasteiger partial charge in [0.05, 0.1) is 0 Å². The summed E-state index contributed by atoms with van der Waals surface area (Å²) in [5.41, 5.74) is 3.88. The second-order valence-electron chi connectivity index (χ2n) is 6.63. The standard InChI is InChI=1S/C20H17N3O4/c24-18(14-6-5-12-3-1-2-4-13(12)9-14)21-20-23-22-19(27-20)15-7-8-16-17(10-15)26-11-25-16/h5-10H,1-4,11H2,(H,21,23,24). The Labute approximate surface area is 155 Å². The summed E-state index contributed by atoms with van der Waals surface area (Å²) in [5, 5.41) is 10.6. The molecule has 1 amide bonds. The number of nitrogens with one attached hydrogen (secondary N) is 1. The number of anilines is 1. The van der Waals surface area contributed by atoms with E-state index in [1.165, 1.54) is 24.0 Å². The Morgan fingerprint density at radius 2 is 1.78 bits per heavy atom. The first-order valence-electron chi connectivity index (χ1n) is 8.93. The lowest BCUT2D eigenvalue weighted by atomic mass is 9.90. The van der Waals surface area contributed by atoms with E-state index in [-0.39, 0.29) is 18.7 Å². The molecule has 7 nitrogen and oxygen atoms in total. The number of fused-ring (bicyclic) bond motifs is 2. The SMILES string of the molecule is O=C(Nc1nnc(-c2ccc3c(c2)OCO3)o1)c1ccc2c(c1)CCCC2. The Bertz CT molecular complexity index is 1030. The molecule has 2 aromatic carbocycles. The van der Waals surface area contributed by atoms with Crippen LogP contribution in [0.3, 0.4) is 0 Å². The zero-order chi connectivity index (χ0) is 18.2. The number of rotatable bonds is 3. The van der Waals surface area contributed by atoms with E-state index < -0.39 is 0 Å². The molecule has 0 unspecified atom stereocenters. The van der Waals surface area contributed by atoms with Gasteiger partial charge in [0, 0.05) is 11.1 Å². The van der Waals surface area contributed by atoms with Crippen LogP contribution in [-0.2, 0) is 12.8 Å². The van der Waals surface area contributed by atoms with E-state index >= 15 is 0 Å². The molecule has 2 heterocycles. The summed E-state index contributed by atoms with van der Waals surface area (Å²) in [6.07, 6.45) is 4.48. The van der Waals surface area contributed by atoms with Crippen LogP contribution in [0.2, 0.25) is 0 Å². The van der Waals surface area contributed by atoms with Crippen molar-refractivity contribution < 1.29 is 18.7 Å². The van der Waals surface area contributed by atoms with Crippen LogP contribution in [0.15, 0.2) is 40.8 Å². The highest BCUT2D eigenvalue weighted by Crippen LogP contribution is 2.35. The van der Waals surface area contributed by atoms with Crippen LogP contribution in [0.5, 0.6) is 11.5 Å². The van der Waals surface area contributed by atoms with E-state index in [0.717, 1.165) is 12.8 Å². The minimum atomic E-state index is -0.260. The summed E-state index contributed by atoms with van der Waals surface area (Å²) in [6, 6.07) is 11.3. The number of amides is 1. The molecule has 0 fully saturated rings. The predicted molar refractivity (Wildman–Crippen MR) is 96.9 cm³/mol. The third kappa shape index (κ3) is 3.01. The van der Waals surface area contributed by atoms with Crippen LogP contribution in [0, 0.1) is 0 Å². The Kier molecular flexibility index (Phi) is 3.78. The second-order valence-corrected chi connectivity index (χ2v) is 6.63. The van der Waals surface area contributed by atoms with Gasteiger partial charge < -0.3 is 13.9 Å². The molecule has 0 atom stereocenters. The van der Waals surface area contributed by atoms with Gasteiger partial charge in [-0.2, -0.15) is 0 Å². The summed E-state index contributed by atoms with van der Waals surface area (Å²) in [7, 11) is 0. The van der Waals surface area contributed by atoms with Crippen molar-refractivity contribution in [3.8, 4) is 23.0 Å². The van der Waals surface area contributed by atoms with Crippen molar-refractivity contribution in [1.82, 2.24) is 10.2 Å². The van der Waals surface area contributed by atoms with Crippen LogP contribution in [0.25, 0.3) is 11.5 Å². The Hall–Kier alpha value is -3.35. The number of nitrogens with zero attached hydrogens (tertiary/aromatic N) is 2. The molecule has 1 N–H and O–H groups in total. The molecule has 0 radical (unpaired) electrons. The fourth-order valence-corrected chi connectivity index (χ4v) is 3.46. The Morgan fingerprint density at radius 3 is 2.70 bits per heavy atom. The maximum atomic E-state index is 12.5. The second kappa shape index (κ2) is 6.42. The average Bonchev–Trinajstić information content (AvgIpc) is 3.36. The summed E-state index contributed by atoms with van der Waals surface area (Å²) in [6.45, 7) is 0.199. The molecular formula is C20H17N3O4. The molecule has 2 aliphatic rings. The molecule has 136 valence electrons. The predicted octanol–water partition coefficient (Wildman–Crippen LogP) is 3.60. The van der Waals surface area contributed by atoms with Gasteiger partial charge in [-0.1, -0.05) is 11.2 Å². The van der Waals surface area contributed by atoms with Gasteiger partial charge in [-0.15, -0.1) is 5.10 Å². The summed E-state index contributed by atoms with van der Waals surface area (Å²) < 4.78 is 16.2. The van der Waals surface area contributed by atoms with E-state index in [4.69, 9.17) is 13.9 Å². The van der Waals surface area contributed by atoms with Gasteiger partial charge in [0.25, 0.3) is 5.91 Å². The quantitative estimate of drug-likeness (QED) is 0.765. The van der Waals surface area contributed by atoms with Gasteiger partial charge in [0.1, 0.15) is 0 Å². The molecule has 1 aliphatic carbocycles. The molecule has 1 aliphatic heterocycles. The van der Waals surface area contributed by atoms with Crippen molar-refractivity contribution in [3.05, 3.63) is 53.1 Å². The zero-order valence-corrected chi connectivity index (χ0v) is 14.5. The maximum Gasteiger partial charge on any atom is 0.322 e. The van der Waals surface area contributed by atoms with Gasteiger partial charge in [-0.25, -0.2) is 0 Å². The average molecular weight is 363 g/mol. The van der Waals surface area contributed by atoms with Gasteiger partial charge in [0.2, 0.25) is 12.7 Å². The zero-order valence-electron chi connectivity index (χ0n) is 14.5. The van der Waals surface area contributed by atoms with Crippen molar-refractivity contribution in [1.29, 1.82) is 0 Å². The third-order valence-corrected chi connectivity index (χ3v) is 4.88. The largest absolute Gasteiger partial charge is 0.454 e. The van der Waals surface area contributed by atoms with Crippen molar-refractivity contribution in [2.75, 3.05) is 12.1 Å². The molecule has 1 aromatic heterocycles. The van der Waals surface area contributed by atoms with E-state index in [1.807, 2.05) is 18.2 Å². The van der Waals surface area contributed by atoms with Crippen LogP contribution in [0.1, 0.15) is 34.3 Å². The normalized spacial score (nSPS) is 14.7. The van der Waals surface area contributed by atoms with Crippen molar-refractivity contribution in [2.45, 2.75) is 25.7 Å². The number of carbonyl (C=O) groups is 1. The van der Waals surface area contributed by atoms with E-state index in [0.29, 0.717) is 28.5 Å². The minimum absolute atomic E-state index is 0.0605. The number of hydrogen-bond donors (Lipinski definition) is 1. The van der Waals surface area contributed by atoms with Gasteiger partial charge in [-0.05, 0) is 67.1 Å². The van der Waals surface area contributed by atoms with Crippen LogP contribution >= 0.6 is 0 Å². The molecule has 0 bridgehead atoms. The molecule has 5 rings (SSSR count). The molecular weight excluding hydrogens is 346 g/mol. The molecule has 7 heteroatoms. The first-order chi connectivity index (χ1) is 13.3. The number of ether oxygens (including phenoxy) is 2. The number of aromatic nitrogens is 2. The summed E-state index contributed by atoms with van der Waals surface area (Å²) >= 11 is 0. The van der Waals surface area contributed by atoms with Crippen LogP contribution in [-0.4, -0.2) is 22.9 Å². The van der Waals surface area contributed by atoms with E-state index in [9.17, 15) is 4.79 Å². The summed E-state index contributed by atoms with van der Waals surface area (Å²) in [4.78, 5) is 12.5. The smallest absolute Gasteiger partial charge is 0.322 e. The first kappa shape index (κ1) is 15.9. The maximum absolute atomic E-state index is 12.5. The van der Waals surface area contributed by atoms with Gasteiger partial charge in [0.15, 0.2) is 11.5 Å². The van der Waals surface area contributed by atoms with Crippen molar-refractivity contribution >= 4 is 11.9 Å². The number of aryl methyl sites for hydroxylation is 2. The Morgan fingerprint density at radius 1 is 0.926 bits per heavy atom. The number of hydrogen-bond acceptors (Lipinski definition) is 6. The Balaban J connectivity index is 1.34. The molecule has 3 aromatic rings. The van der Waals surface area contributed by atoms with E-state index in [2.05, 4.69) is 15.5 Å². The van der Waals surface area contributed by atoms with E-state index in [1.54, 1.807) is 18.2 Å². The third-order valence-electron chi connectivity index (χ3n) is 4.88. The lowest BCUT2D eigenvalue weighted by Crippen LogP contribution is -2.13. The summed E-state index contributed by atoms with van der Waals surface area (Å²) in [5.74, 6) is 1.35. The monoisotopic (exact) mass is 363 g/mol. The lowest BCUT2D eigenvalue weighted by molar-refractivity contribution is 0.102. The highest BCUT2D eigenvalue weighted by molar-refractivity contribution is 6.03. The number of benzene rings is 2. The van der Waals surface area contributed by atoms with Gasteiger partial charge >= 0.3 is 6.01 Å². The highest BCUT2D eigenvalue weighted by Gasteiger charge is 2.18. The fraction of sp³-hybridized carbons (Fsp3) is 0.250. The lowest BCUT2D eigenvalue weighted by Gasteiger charge is -2.16. The molecule has 27 heavy (non-hydrogen) atoms. The highest BCUT2D eigenvalue weighted by atomic mass is 16.7. The van der Waals surface area contributed by atoms with Crippen LogP contribution < -0.4 is 14.8 Å². The fourth-order valence-electron chi connectivity index (χ4n) is 3.46. The molecule has 0 saturated carbocycles. The van der Waals surface area contributed by atoms with Crippen molar-refractivity contribution in [3.63, 3.8) is 0 Å². The first-order valence-corrected chi connectivity index (χ1v) is 8.93. The topological polar surface area (TPSA) is 86.5 Å². The number of carbonyl (C=O) groups excluding carboxylic acids is 1. The molecule has 0 saturated heterocycles. The molecule has 0 spiro atoms. The van der Waals surface area contributed by atoms with Crippen LogP contribution in [0.4, 0.5) is 6.01 Å². The minimum Gasteiger partial charge on any atom is -0.454 e.